The Bertz CT molecular complexity index is 531. The number of halogens is 3. The van der Waals surface area contributed by atoms with Crippen LogP contribution in [0.25, 0.3) is 0 Å². The number of aromatic nitrogens is 2. The molecule has 1 heterocycles. The van der Waals surface area contributed by atoms with Crippen molar-refractivity contribution in [1.82, 2.24) is 9.97 Å². The van der Waals surface area contributed by atoms with Crippen LogP contribution in [-0.2, 0) is 0 Å². The number of alkyl halides is 3. The summed E-state index contributed by atoms with van der Waals surface area (Å²) in [6.45, 7) is 0. The van der Waals surface area contributed by atoms with Gasteiger partial charge in [-0.25, -0.2) is 9.97 Å². The first kappa shape index (κ1) is 13.8. The summed E-state index contributed by atoms with van der Waals surface area (Å²) in [6.07, 6.45) is 3.29. The molecule has 19 heavy (non-hydrogen) atoms. The normalized spacial score (nSPS) is 13.3. The molecule has 0 saturated carbocycles. The lowest BCUT2D eigenvalue weighted by atomic mass is 10.0. The standard InChI is InChI=1S/C12H9F3N2OS/c13-12(14,15)19-10-3-1-8(2-4-10)11(18)9-5-16-7-17-6-9/h1-7,11,18H. The molecule has 1 atom stereocenters. The van der Waals surface area contributed by atoms with Crippen LogP contribution in [0.2, 0.25) is 0 Å². The molecule has 1 unspecified atom stereocenters. The van der Waals surface area contributed by atoms with E-state index in [9.17, 15) is 18.3 Å². The van der Waals surface area contributed by atoms with E-state index in [2.05, 4.69) is 9.97 Å². The summed E-state index contributed by atoms with van der Waals surface area (Å²) in [4.78, 5) is 7.62. The van der Waals surface area contributed by atoms with Crippen molar-refractivity contribution >= 4 is 11.8 Å². The van der Waals surface area contributed by atoms with Gasteiger partial charge in [-0.15, -0.1) is 0 Å². The topological polar surface area (TPSA) is 46.0 Å². The summed E-state index contributed by atoms with van der Waals surface area (Å²) < 4.78 is 36.5. The number of thioether (sulfide) groups is 1. The zero-order valence-electron chi connectivity index (χ0n) is 9.50. The zero-order valence-corrected chi connectivity index (χ0v) is 10.3. The van der Waals surface area contributed by atoms with E-state index in [1.807, 2.05) is 0 Å². The van der Waals surface area contributed by atoms with Crippen LogP contribution in [-0.4, -0.2) is 20.6 Å². The second kappa shape index (κ2) is 5.58. The number of nitrogens with zero attached hydrogens (tertiary/aromatic N) is 2. The second-order valence-electron chi connectivity index (χ2n) is 3.69. The average molecular weight is 286 g/mol. The molecule has 1 aromatic heterocycles. The molecule has 0 spiro atoms. The van der Waals surface area contributed by atoms with Crippen molar-refractivity contribution in [3.05, 3.63) is 54.1 Å². The van der Waals surface area contributed by atoms with Crippen LogP contribution in [0.15, 0.2) is 47.9 Å². The molecule has 0 saturated heterocycles. The van der Waals surface area contributed by atoms with E-state index in [1.165, 1.54) is 43.0 Å². The van der Waals surface area contributed by atoms with Crippen LogP contribution in [0.1, 0.15) is 17.2 Å². The van der Waals surface area contributed by atoms with Gasteiger partial charge in [0.15, 0.2) is 0 Å². The average Bonchev–Trinajstić information content (AvgIpc) is 2.38. The SMILES string of the molecule is OC(c1ccc(SC(F)(F)F)cc1)c1cncnc1. The van der Waals surface area contributed by atoms with Gasteiger partial charge < -0.3 is 5.11 Å². The van der Waals surface area contributed by atoms with Crippen molar-refractivity contribution in [2.45, 2.75) is 16.5 Å². The Morgan fingerprint density at radius 3 is 2.11 bits per heavy atom. The van der Waals surface area contributed by atoms with Crippen molar-refractivity contribution in [1.29, 1.82) is 0 Å². The maximum absolute atomic E-state index is 12.2. The van der Waals surface area contributed by atoms with E-state index in [1.54, 1.807) is 0 Å². The van der Waals surface area contributed by atoms with Crippen LogP contribution in [0.4, 0.5) is 13.2 Å². The van der Waals surface area contributed by atoms with Crippen molar-refractivity contribution in [3.8, 4) is 0 Å². The Balaban J connectivity index is 2.15. The molecule has 0 aliphatic carbocycles. The molecule has 7 heteroatoms. The molecule has 3 nitrogen and oxygen atoms in total. The minimum absolute atomic E-state index is 0.0766. The summed E-state index contributed by atoms with van der Waals surface area (Å²) in [7, 11) is 0. The van der Waals surface area contributed by atoms with Crippen molar-refractivity contribution in [3.63, 3.8) is 0 Å². The highest BCUT2D eigenvalue weighted by atomic mass is 32.2. The zero-order chi connectivity index (χ0) is 13.9. The van der Waals surface area contributed by atoms with E-state index in [4.69, 9.17) is 0 Å². The summed E-state index contributed by atoms with van der Waals surface area (Å²) in [5.41, 5.74) is -3.34. The molecule has 1 aromatic carbocycles. The van der Waals surface area contributed by atoms with E-state index < -0.39 is 11.6 Å². The summed E-state index contributed by atoms with van der Waals surface area (Å²) in [6, 6.07) is 5.54. The molecular formula is C12H9F3N2OS. The van der Waals surface area contributed by atoms with Crippen molar-refractivity contribution < 1.29 is 18.3 Å². The van der Waals surface area contributed by atoms with Gasteiger partial charge in [-0.05, 0) is 29.5 Å². The molecule has 0 aliphatic rings. The van der Waals surface area contributed by atoms with E-state index in [0.29, 0.717) is 11.1 Å². The molecule has 0 radical (unpaired) electrons. The number of aliphatic hydroxyl groups is 1. The molecule has 100 valence electrons. The lowest BCUT2D eigenvalue weighted by molar-refractivity contribution is -0.0328. The Hall–Kier alpha value is -1.60. The largest absolute Gasteiger partial charge is 0.446 e. The molecule has 0 bridgehead atoms. The van der Waals surface area contributed by atoms with Gasteiger partial charge in [0.1, 0.15) is 12.4 Å². The Morgan fingerprint density at radius 1 is 1.00 bits per heavy atom. The van der Waals surface area contributed by atoms with Crippen molar-refractivity contribution in [2.24, 2.45) is 0 Å². The Kier molecular flexibility index (Phi) is 4.06. The van der Waals surface area contributed by atoms with Gasteiger partial charge in [0.2, 0.25) is 0 Å². The van der Waals surface area contributed by atoms with Gasteiger partial charge in [-0.1, -0.05) is 12.1 Å². The lowest BCUT2D eigenvalue weighted by Gasteiger charge is -2.11. The van der Waals surface area contributed by atoms with E-state index >= 15 is 0 Å². The van der Waals surface area contributed by atoms with Gasteiger partial charge in [-0.2, -0.15) is 13.2 Å². The maximum atomic E-state index is 12.2. The first-order chi connectivity index (χ1) is 8.96. The summed E-state index contributed by atoms with van der Waals surface area (Å²) >= 11 is -0.189. The van der Waals surface area contributed by atoms with Crippen LogP contribution in [0, 0.1) is 0 Å². The number of hydrogen-bond acceptors (Lipinski definition) is 4. The Labute approximate surface area is 111 Å². The summed E-state index contributed by atoms with van der Waals surface area (Å²) in [5, 5.41) is 10.0. The molecule has 0 aliphatic heterocycles. The minimum Gasteiger partial charge on any atom is -0.384 e. The third-order valence-corrected chi connectivity index (χ3v) is 3.07. The van der Waals surface area contributed by atoms with Crippen LogP contribution in [0.3, 0.4) is 0 Å². The van der Waals surface area contributed by atoms with Crippen LogP contribution >= 0.6 is 11.8 Å². The maximum Gasteiger partial charge on any atom is 0.446 e. The first-order valence-electron chi connectivity index (χ1n) is 5.24. The monoisotopic (exact) mass is 286 g/mol. The smallest absolute Gasteiger partial charge is 0.384 e. The molecular weight excluding hydrogens is 277 g/mol. The molecule has 1 N–H and O–H groups in total. The van der Waals surface area contributed by atoms with Crippen LogP contribution < -0.4 is 0 Å². The predicted octanol–water partition coefficient (Wildman–Crippen LogP) is 3.17. The molecule has 0 amide bonds. The second-order valence-corrected chi connectivity index (χ2v) is 4.83. The Morgan fingerprint density at radius 2 is 1.58 bits per heavy atom. The minimum atomic E-state index is -4.31. The van der Waals surface area contributed by atoms with Crippen LogP contribution in [0.5, 0.6) is 0 Å². The van der Waals surface area contributed by atoms with Gasteiger partial charge >= 0.3 is 5.51 Å². The van der Waals surface area contributed by atoms with Gasteiger partial charge in [0.25, 0.3) is 0 Å². The van der Waals surface area contributed by atoms with E-state index in [-0.39, 0.29) is 16.7 Å². The number of benzene rings is 1. The van der Waals surface area contributed by atoms with Gasteiger partial charge in [0, 0.05) is 22.9 Å². The number of aliphatic hydroxyl groups excluding tert-OH is 1. The lowest BCUT2D eigenvalue weighted by Crippen LogP contribution is -2.02. The highest BCUT2D eigenvalue weighted by Crippen LogP contribution is 2.37. The molecule has 2 aromatic rings. The molecule has 2 rings (SSSR count). The highest BCUT2D eigenvalue weighted by Gasteiger charge is 2.29. The third kappa shape index (κ3) is 3.93. The third-order valence-electron chi connectivity index (χ3n) is 2.33. The van der Waals surface area contributed by atoms with E-state index in [0.717, 1.165) is 0 Å². The molecule has 0 fully saturated rings. The first-order valence-corrected chi connectivity index (χ1v) is 6.06. The quantitative estimate of drug-likeness (QED) is 0.880. The van der Waals surface area contributed by atoms with Gasteiger partial charge in [0.05, 0.1) is 0 Å². The van der Waals surface area contributed by atoms with Crippen molar-refractivity contribution in [2.75, 3.05) is 0 Å². The predicted molar refractivity (Wildman–Crippen MR) is 64.4 cm³/mol. The fourth-order valence-corrected chi connectivity index (χ4v) is 2.04. The summed E-state index contributed by atoms with van der Waals surface area (Å²) in [5.74, 6) is 0. The highest BCUT2D eigenvalue weighted by molar-refractivity contribution is 8.00. The fraction of sp³-hybridized carbons (Fsp3) is 0.167. The van der Waals surface area contributed by atoms with Gasteiger partial charge in [-0.3, -0.25) is 0 Å². The number of rotatable bonds is 3. The number of hydrogen-bond donors (Lipinski definition) is 1. The fourth-order valence-electron chi connectivity index (χ4n) is 1.50.